The Bertz CT molecular complexity index is 844. The number of rotatable bonds is 5. The molecular formula is C18H21N7O. The van der Waals surface area contributed by atoms with Gasteiger partial charge in [-0.05, 0) is 18.2 Å². The predicted molar refractivity (Wildman–Crippen MR) is 97.4 cm³/mol. The van der Waals surface area contributed by atoms with Crippen molar-refractivity contribution in [2.24, 2.45) is 0 Å². The third kappa shape index (κ3) is 3.50. The number of aromatic nitrogens is 5. The zero-order chi connectivity index (χ0) is 17.8. The summed E-state index contributed by atoms with van der Waals surface area (Å²) in [5, 5.41) is 0. The van der Waals surface area contributed by atoms with Gasteiger partial charge in [0.25, 0.3) is 0 Å². The normalized spacial score (nSPS) is 15.2. The van der Waals surface area contributed by atoms with Gasteiger partial charge in [0.1, 0.15) is 12.1 Å². The third-order valence-electron chi connectivity index (χ3n) is 4.52. The molecule has 1 fully saturated rings. The molecule has 0 aliphatic carbocycles. The number of ether oxygens (including phenoxy) is 1. The lowest BCUT2D eigenvalue weighted by molar-refractivity contribution is 0.245. The average Bonchev–Trinajstić information content (AvgIpc) is 3.17. The quantitative estimate of drug-likeness (QED) is 0.688. The Morgan fingerprint density at radius 2 is 1.81 bits per heavy atom. The molecule has 0 radical (unpaired) electrons. The molecule has 0 saturated carbocycles. The molecule has 3 aromatic rings. The first-order chi connectivity index (χ1) is 12.8. The van der Waals surface area contributed by atoms with Gasteiger partial charge in [0.05, 0.1) is 7.11 Å². The summed E-state index contributed by atoms with van der Waals surface area (Å²) in [4.78, 5) is 21.8. The first kappa shape index (κ1) is 16.5. The predicted octanol–water partition coefficient (Wildman–Crippen LogP) is 1.39. The van der Waals surface area contributed by atoms with Crippen LogP contribution in [0.1, 0.15) is 5.69 Å². The molecule has 8 heteroatoms. The van der Waals surface area contributed by atoms with Crippen molar-refractivity contribution >= 4 is 5.82 Å². The maximum atomic E-state index is 5.19. The smallest absolute Gasteiger partial charge is 0.233 e. The maximum Gasteiger partial charge on any atom is 0.233 e. The second-order valence-electron chi connectivity index (χ2n) is 6.10. The molecule has 1 aliphatic rings. The molecule has 0 amide bonds. The summed E-state index contributed by atoms with van der Waals surface area (Å²) in [5.41, 5.74) is 1.19. The molecule has 4 heterocycles. The third-order valence-corrected chi connectivity index (χ3v) is 4.52. The molecule has 0 unspecified atom stereocenters. The van der Waals surface area contributed by atoms with Gasteiger partial charge in [0.2, 0.25) is 11.8 Å². The number of methoxy groups -OCH3 is 1. The summed E-state index contributed by atoms with van der Waals surface area (Å²) in [7, 11) is 1.62. The van der Waals surface area contributed by atoms with Crippen LogP contribution < -0.4 is 9.64 Å². The van der Waals surface area contributed by atoms with E-state index in [9.17, 15) is 0 Å². The minimum atomic E-state index is 0.595. The van der Waals surface area contributed by atoms with Gasteiger partial charge in [-0.15, -0.1) is 0 Å². The number of nitrogens with zero attached hydrogens (tertiary/aromatic N) is 7. The maximum absolute atomic E-state index is 5.19. The fraction of sp³-hybridized carbons (Fsp3) is 0.333. The summed E-state index contributed by atoms with van der Waals surface area (Å²) in [6.07, 6.45) is 7.09. The molecule has 3 aromatic heterocycles. The number of piperazine rings is 1. The average molecular weight is 351 g/mol. The highest BCUT2D eigenvalue weighted by Gasteiger charge is 2.20. The van der Waals surface area contributed by atoms with Crippen molar-refractivity contribution in [2.45, 2.75) is 6.54 Å². The van der Waals surface area contributed by atoms with Crippen LogP contribution in [-0.2, 0) is 6.54 Å². The van der Waals surface area contributed by atoms with E-state index in [4.69, 9.17) is 4.74 Å². The Kier molecular flexibility index (Phi) is 4.74. The lowest BCUT2D eigenvalue weighted by Crippen LogP contribution is -2.46. The standard InChI is InChI=1S/C18H21N7O/c1-26-17-12-16(21-14-22-17)24-10-8-23(9-11-24)13-15-4-2-7-25(15)18-19-5-3-6-20-18/h2-7,12,14H,8-11,13H2,1H3. The largest absolute Gasteiger partial charge is 0.481 e. The topological polar surface area (TPSA) is 72.2 Å². The van der Waals surface area contributed by atoms with Gasteiger partial charge in [0, 0.05) is 63.1 Å². The van der Waals surface area contributed by atoms with Gasteiger partial charge in [-0.2, -0.15) is 0 Å². The lowest BCUT2D eigenvalue weighted by atomic mass is 10.3. The second kappa shape index (κ2) is 7.49. The van der Waals surface area contributed by atoms with Crippen LogP contribution in [0.5, 0.6) is 5.88 Å². The zero-order valence-corrected chi connectivity index (χ0v) is 14.7. The van der Waals surface area contributed by atoms with Crippen molar-refractivity contribution in [3.63, 3.8) is 0 Å². The Labute approximate surface area is 152 Å². The van der Waals surface area contributed by atoms with Crippen LogP contribution in [0.25, 0.3) is 5.95 Å². The Morgan fingerprint density at radius 1 is 1.00 bits per heavy atom. The van der Waals surface area contributed by atoms with Crippen molar-refractivity contribution in [3.8, 4) is 11.8 Å². The summed E-state index contributed by atoms with van der Waals surface area (Å²) in [5.74, 6) is 2.22. The molecular weight excluding hydrogens is 330 g/mol. The molecule has 1 aliphatic heterocycles. The van der Waals surface area contributed by atoms with Crippen molar-refractivity contribution in [1.29, 1.82) is 0 Å². The van der Waals surface area contributed by atoms with Gasteiger partial charge in [0.15, 0.2) is 0 Å². The molecule has 134 valence electrons. The highest BCUT2D eigenvalue weighted by atomic mass is 16.5. The summed E-state index contributed by atoms with van der Waals surface area (Å²) in [6, 6.07) is 7.87. The molecule has 8 nitrogen and oxygen atoms in total. The Balaban J connectivity index is 1.40. The van der Waals surface area contributed by atoms with E-state index in [1.54, 1.807) is 25.8 Å². The number of hydrogen-bond acceptors (Lipinski definition) is 7. The van der Waals surface area contributed by atoms with E-state index in [1.165, 1.54) is 5.69 Å². The Morgan fingerprint density at radius 3 is 2.58 bits per heavy atom. The first-order valence-corrected chi connectivity index (χ1v) is 8.60. The van der Waals surface area contributed by atoms with Crippen LogP contribution >= 0.6 is 0 Å². The molecule has 0 bridgehead atoms. The van der Waals surface area contributed by atoms with Crippen molar-refractivity contribution in [1.82, 2.24) is 29.4 Å². The van der Waals surface area contributed by atoms with Crippen LogP contribution in [0, 0.1) is 0 Å². The van der Waals surface area contributed by atoms with Gasteiger partial charge in [-0.3, -0.25) is 9.47 Å². The SMILES string of the molecule is COc1cc(N2CCN(Cc3cccn3-c3ncccn3)CC2)ncn1. The van der Waals surface area contributed by atoms with Crippen molar-refractivity contribution < 1.29 is 4.74 Å². The summed E-state index contributed by atoms with van der Waals surface area (Å²) in [6.45, 7) is 4.64. The van der Waals surface area contributed by atoms with Gasteiger partial charge in [-0.1, -0.05) is 0 Å². The van der Waals surface area contributed by atoms with E-state index in [0.29, 0.717) is 11.8 Å². The van der Waals surface area contributed by atoms with Crippen LogP contribution in [0.3, 0.4) is 0 Å². The first-order valence-electron chi connectivity index (χ1n) is 8.60. The highest BCUT2D eigenvalue weighted by molar-refractivity contribution is 5.41. The van der Waals surface area contributed by atoms with Crippen molar-refractivity contribution in [3.05, 3.63) is 54.9 Å². The molecule has 1 saturated heterocycles. The number of hydrogen-bond donors (Lipinski definition) is 0. The fourth-order valence-corrected chi connectivity index (χ4v) is 3.13. The van der Waals surface area contributed by atoms with Crippen molar-refractivity contribution in [2.75, 3.05) is 38.2 Å². The number of anilines is 1. The van der Waals surface area contributed by atoms with E-state index >= 15 is 0 Å². The van der Waals surface area contributed by atoms with E-state index in [1.807, 2.05) is 29.0 Å². The van der Waals surface area contributed by atoms with Gasteiger partial charge in [-0.25, -0.2) is 19.9 Å². The molecule has 0 aromatic carbocycles. The fourth-order valence-electron chi connectivity index (χ4n) is 3.13. The van der Waals surface area contributed by atoms with E-state index < -0.39 is 0 Å². The van der Waals surface area contributed by atoms with Crippen LogP contribution in [0.15, 0.2) is 49.2 Å². The van der Waals surface area contributed by atoms with Crippen LogP contribution in [-0.4, -0.2) is 62.7 Å². The molecule has 4 rings (SSSR count). The zero-order valence-electron chi connectivity index (χ0n) is 14.7. The minimum absolute atomic E-state index is 0.595. The summed E-state index contributed by atoms with van der Waals surface area (Å²) < 4.78 is 7.23. The second-order valence-corrected chi connectivity index (χ2v) is 6.10. The molecule has 0 N–H and O–H groups in total. The van der Waals surface area contributed by atoms with Crippen LogP contribution in [0.4, 0.5) is 5.82 Å². The molecule has 0 spiro atoms. The summed E-state index contributed by atoms with van der Waals surface area (Å²) >= 11 is 0. The van der Waals surface area contributed by atoms with Gasteiger partial charge < -0.3 is 9.64 Å². The van der Waals surface area contributed by atoms with E-state index in [0.717, 1.165) is 38.5 Å². The van der Waals surface area contributed by atoms with Crippen LogP contribution in [0.2, 0.25) is 0 Å². The molecule has 26 heavy (non-hydrogen) atoms. The Hall–Kier alpha value is -3.00. The lowest BCUT2D eigenvalue weighted by Gasteiger charge is -2.35. The minimum Gasteiger partial charge on any atom is -0.481 e. The van der Waals surface area contributed by atoms with E-state index in [-0.39, 0.29) is 0 Å². The molecule has 0 atom stereocenters. The monoisotopic (exact) mass is 351 g/mol. The highest BCUT2D eigenvalue weighted by Crippen LogP contribution is 2.18. The van der Waals surface area contributed by atoms with Gasteiger partial charge >= 0.3 is 0 Å². The van der Waals surface area contributed by atoms with E-state index in [2.05, 4.69) is 35.8 Å².